The van der Waals surface area contributed by atoms with E-state index in [0.29, 0.717) is 26.2 Å². The molecule has 0 bridgehead atoms. The maximum Gasteiger partial charge on any atom is 0.252 e. The number of fused-ring (bicyclic) bond motifs is 10. The van der Waals surface area contributed by atoms with E-state index in [-0.39, 0.29) is 28.4 Å². The van der Waals surface area contributed by atoms with Gasteiger partial charge >= 0.3 is 0 Å². The van der Waals surface area contributed by atoms with Gasteiger partial charge in [-0.1, -0.05) is 328 Å². The fraction of sp³-hybridized carbons (Fsp3) is 0.264. The van der Waals surface area contributed by atoms with Crippen LogP contribution in [0.5, 0.6) is 0 Å². The van der Waals surface area contributed by atoms with Gasteiger partial charge in [-0.3, -0.25) is 0 Å². The van der Waals surface area contributed by atoms with Crippen LogP contribution in [0.2, 0.25) is 0 Å². The van der Waals surface area contributed by atoms with Gasteiger partial charge in [-0.15, -0.1) is 0 Å². The van der Waals surface area contributed by atoms with E-state index in [2.05, 4.69) is 388 Å². The molecule has 4 heterocycles. The molecule has 4 nitrogen and oxygen atoms in total. The van der Waals surface area contributed by atoms with Crippen molar-refractivity contribution in [3.05, 3.63) is 329 Å². The van der Waals surface area contributed by atoms with Gasteiger partial charge in [0, 0.05) is 92.5 Å². The van der Waals surface area contributed by atoms with Gasteiger partial charge in [-0.05, 0) is 218 Å². The van der Waals surface area contributed by atoms with Crippen LogP contribution in [-0.4, -0.2) is 15.8 Å². The van der Waals surface area contributed by atoms with Crippen LogP contribution in [0, 0.1) is 0 Å². The summed E-state index contributed by atoms with van der Waals surface area (Å²) in [5.41, 5.74) is 36.0. The highest BCUT2D eigenvalue weighted by Gasteiger charge is 2.44. The smallest absolute Gasteiger partial charge is 0.252 e. The number of benzene rings is 13. The summed E-state index contributed by atoms with van der Waals surface area (Å²) in [4.78, 5) is 5.60. The SMILES string of the molecule is CCCCCCCCc1cc2c3c(c1)N(Cc1c(-c4ccccc4)cccc1-c1ccccc1)c1cc(Cn4c5ccc(C(C)(C)C)cc5c5cc(C(C)(C)C)ccc54)ccc1B3c1ccc(Cn3c4ccc(C(C)(C)C)cc4c4cc(C(C)(C)C)ccc43)cc1N2Cc1c(-c2ccccc2)cccc1-c1ccccc1. The lowest BCUT2D eigenvalue weighted by Gasteiger charge is -2.45. The lowest BCUT2D eigenvalue weighted by Crippen LogP contribution is -2.62. The molecule has 0 aliphatic carbocycles. The summed E-state index contributed by atoms with van der Waals surface area (Å²) in [7, 11) is 0. The Bertz CT molecular complexity index is 5370. The molecule has 5 heteroatoms. The zero-order valence-corrected chi connectivity index (χ0v) is 67.7. The van der Waals surface area contributed by atoms with E-state index in [9.17, 15) is 0 Å². The third-order valence-electron chi connectivity index (χ3n) is 24.5. The van der Waals surface area contributed by atoms with E-state index in [0.717, 1.165) is 12.8 Å². The predicted molar refractivity (Wildman–Crippen MR) is 479 cm³/mol. The molecule has 15 aromatic rings. The molecule has 13 aromatic carbocycles. The zero-order chi connectivity index (χ0) is 76.7. The molecule has 2 aromatic heterocycles. The van der Waals surface area contributed by atoms with Crippen molar-refractivity contribution >= 4 is 89.5 Å². The van der Waals surface area contributed by atoms with Gasteiger partial charge in [-0.25, -0.2) is 0 Å². The van der Waals surface area contributed by atoms with E-state index in [1.54, 1.807) is 0 Å². The van der Waals surface area contributed by atoms with Crippen molar-refractivity contribution in [2.75, 3.05) is 9.80 Å². The Morgan fingerprint density at radius 3 is 0.892 bits per heavy atom. The van der Waals surface area contributed by atoms with Crippen molar-refractivity contribution in [3.8, 4) is 44.5 Å². The number of rotatable bonds is 19. The van der Waals surface area contributed by atoms with Gasteiger partial charge in [0.15, 0.2) is 0 Å². The van der Waals surface area contributed by atoms with Gasteiger partial charge < -0.3 is 18.9 Å². The largest absolute Gasteiger partial charge is 0.338 e. The zero-order valence-electron chi connectivity index (χ0n) is 67.7. The summed E-state index contributed by atoms with van der Waals surface area (Å²) in [6.45, 7) is 33.1. The molecular weight excluding hydrogens is 1340 g/mol. The molecule has 0 N–H and O–H groups in total. The Hall–Kier alpha value is -10.9. The number of aryl methyl sites for hydroxylation is 1. The third kappa shape index (κ3) is 13.9. The minimum atomic E-state index is -0.102. The molecule has 2 aliphatic heterocycles. The lowest BCUT2D eigenvalue weighted by atomic mass is 9.33. The Morgan fingerprint density at radius 1 is 0.270 bits per heavy atom. The standard InChI is InChI=1S/C106H107BN4/c1-14-15-16-17-18-23-34-71-59-100-102-101(60-71)111(70-91-84(76-39-28-21-29-40-76)45-33-46-85(91)77-41-30-22-31-42-77)99-62-73(68-109-96-57-51-80(105(8,9)10)65-88(96)89-66-81(106(11,12)13)52-58-97(89)109)48-54-93(99)107(102)92-53-47-72(67-108-94-55-49-78(103(2,3)4)63-86(94)87-64-79(104(5,6)7)50-56-95(87)108)61-98(92)110(100)69-90-82(74-35-24-19-25-36-74)43-32-44-83(90)75-37-26-20-27-38-75/h19-22,24-33,35-66H,14-18,23,34,67-70H2,1-13H3. The van der Waals surface area contributed by atoms with Crippen molar-refractivity contribution in [3.63, 3.8) is 0 Å². The molecule has 2 aliphatic rings. The monoisotopic (exact) mass is 1450 g/mol. The normalized spacial score (nSPS) is 13.1. The molecule has 0 atom stereocenters. The van der Waals surface area contributed by atoms with Crippen molar-refractivity contribution < 1.29 is 0 Å². The molecular formula is C106H107BN4. The Kier molecular flexibility index (Phi) is 19.1. The summed E-state index contributed by atoms with van der Waals surface area (Å²) in [6.07, 6.45) is 8.34. The topological polar surface area (TPSA) is 16.3 Å². The molecule has 0 amide bonds. The van der Waals surface area contributed by atoms with Crippen LogP contribution >= 0.6 is 0 Å². The first kappa shape index (κ1) is 73.0. The molecule has 0 saturated carbocycles. The number of unbranched alkanes of at least 4 members (excludes halogenated alkanes) is 5. The van der Waals surface area contributed by atoms with Gasteiger partial charge in [0.2, 0.25) is 0 Å². The molecule has 0 unspecified atom stereocenters. The van der Waals surface area contributed by atoms with E-state index in [4.69, 9.17) is 0 Å². The average Bonchev–Trinajstić information content (AvgIpc) is 1.13. The summed E-state index contributed by atoms with van der Waals surface area (Å²) in [5, 5.41) is 5.28. The van der Waals surface area contributed by atoms with Crippen molar-refractivity contribution in [1.29, 1.82) is 0 Å². The van der Waals surface area contributed by atoms with Crippen LogP contribution in [0.25, 0.3) is 88.1 Å². The maximum atomic E-state index is 2.80. The van der Waals surface area contributed by atoms with Crippen molar-refractivity contribution in [1.82, 2.24) is 9.13 Å². The van der Waals surface area contributed by atoms with E-state index in [1.165, 1.54) is 209 Å². The number of hydrogen-bond acceptors (Lipinski definition) is 2. The van der Waals surface area contributed by atoms with Crippen LogP contribution in [0.3, 0.4) is 0 Å². The molecule has 554 valence electrons. The van der Waals surface area contributed by atoms with E-state index < -0.39 is 0 Å². The van der Waals surface area contributed by atoms with E-state index in [1.807, 2.05) is 0 Å². The van der Waals surface area contributed by atoms with Crippen molar-refractivity contribution in [2.45, 2.75) is 183 Å². The average molecular weight is 1450 g/mol. The first-order chi connectivity index (χ1) is 53.5. The van der Waals surface area contributed by atoms with Gasteiger partial charge in [0.1, 0.15) is 0 Å². The number of hydrogen-bond donors (Lipinski definition) is 0. The van der Waals surface area contributed by atoms with Gasteiger partial charge in [-0.2, -0.15) is 0 Å². The Labute approximate surface area is 660 Å². The lowest BCUT2D eigenvalue weighted by molar-refractivity contribution is 0.590. The molecule has 111 heavy (non-hydrogen) atoms. The summed E-state index contributed by atoms with van der Waals surface area (Å²) in [6, 6.07) is 109. The quantitative estimate of drug-likeness (QED) is 0.0593. The van der Waals surface area contributed by atoms with Crippen molar-refractivity contribution in [2.24, 2.45) is 0 Å². The van der Waals surface area contributed by atoms with Gasteiger partial charge in [0.05, 0.1) is 0 Å². The van der Waals surface area contributed by atoms with Crippen LogP contribution in [0.1, 0.15) is 179 Å². The van der Waals surface area contributed by atoms with E-state index >= 15 is 0 Å². The second kappa shape index (κ2) is 29.1. The van der Waals surface area contributed by atoms with Gasteiger partial charge in [0.25, 0.3) is 6.71 Å². The van der Waals surface area contributed by atoms with Crippen LogP contribution in [0.15, 0.2) is 279 Å². The number of anilines is 4. The number of nitrogens with zero attached hydrogens (tertiary/aromatic N) is 4. The summed E-state index contributed by atoms with van der Waals surface area (Å²) >= 11 is 0. The molecule has 0 spiro atoms. The molecule has 0 fully saturated rings. The molecule has 17 rings (SSSR count). The fourth-order valence-corrected chi connectivity index (χ4v) is 18.2. The maximum absolute atomic E-state index is 2.80. The highest BCUT2D eigenvalue weighted by molar-refractivity contribution is 7.00. The number of aromatic nitrogens is 2. The second-order valence-corrected chi connectivity index (χ2v) is 36.2. The Morgan fingerprint density at radius 2 is 0.577 bits per heavy atom. The minimum Gasteiger partial charge on any atom is -0.338 e. The minimum absolute atomic E-state index is 0.00961. The molecule has 0 saturated heterocycles. The van der Waals surface area contributed by atoms with Crippen LogP contribution in [0.4, 0.5) is 22.7 Å². The van der Waals surface area contributed by atoms with Crippen LogP contribution < -0.4 is 26.2 Å². The fourth-order valence-electron chi connectivity index (χ4n) is 18.2. The Balaban J connectivity index is 0.932. The first-order valence-electron chi connectivity index (χ1n) is 41.1. The second-order valence-electron chi connectivity index (χ2n) is 36.2. The first-order valence-corrected chi connectivity index (χ1v) is 41.1. The summed E-state index contributed by atoms with van der Waals surface area (Å²) < 4.78 is 5.25. The molecule has 0 radical (unpaired) electrons. The summed E-state index contributed by atoms with van der Waals surface area (Å²) in [5.74, 6) is 0. The highest BCUT2D eigenvalue weighted by atomic mass is 15.2. The highest BCUT2D eigenvalue weighted by Crippen LogP contribution is 2.47. The third-order valence-corrected chi connectivity index (χ3v) is 24.5. The van der Waals surface area contributed by atoms with Crippen LogP contribution in [-0.2, 0) is 54.3 Å². The predicted octanol–water partition coefficient (Wildman–Crippen LogP) is 26.6.